The summed E-state index contributed by atoms with van der Waals surface area (Å²) in [5.41, 5.74) is 1.29. The van der Waals surface area contributed by atoms with Crippen LogP contribution in [0.4, 0.5) is 0 Å². The third-order valence-corrected chi connectivity index (χ3v) is 4.31. The lowest BCUT2D eigenvalue weighted by Crippen LogP contribution is -2.27. The molecule has 1 aliphatic carbocycles. The monoisotopic (exact) mass is 249 g/mol. The van der Waals surface area contributed by atoms with Gasteiger partial charge in [0.05, 0.1) is 6.20 Å². The summed E-state index contributed by atoms with van der Waals surface area (Å²) in [4.78, 5) is 0. The third-order valence-electron chi connectivity index (χ3n) is 4.31. The first-order valence-electron chi connectivity index (χ1n) is 7.36. The van der Waals surface area contributed by atoms with E-state index in [2.05, 4.69) is 30.5 Å². The third kappa shape index (κ3) is 3.84. The fraction of sp³-hybridized carbons (Fsp3) is 0.800. The predicted octanol–water partition coefficient (Wildman–Crippen LogP) is 3.11. The van der Waals surface area contributed by atoms with Crippen molar-refractivity contribution in [1.29, 1.82) is 0 Å². The second-order valence-corrected chi connectivity index (χ2v) is 6.11. The van der Waals surface area contributed by atoms with Crippen LogP contribution in [0.15, 0.2) is 12.4 Å². The van der Waals surface area contributed by atoms with Crippen LogP contribution in [0.5, 0.6) is 0 Å². The van der Waals surface area contributed by atoms with Gasteiger partial charge in [-0.05, 0) is 31.1 Å². The van der Waals surface area contributed by atoms with Crippen molar-refractivity contribution in [3.8, 4) is 0 Å². The number of rotatable bonds is 4. The SMILES string of the molecule is CC(C)C1CCCC(NCc2cnn(C)c2)CC1. The first-order valence-corrected chi connectivity index (χ1v) is 7.36. The molecule has 2 atom stereocenters. The molecule has 2 unspecified atom stereocenters. The van der Waals surface area contributed by atoms with Gasteiger partial charge in [-0.15, -0.1) is 0 Å². The van der Waals surface area contributed by atoms with E-state index in [1.165, 1.54) is 37.7 Å². The maximum absolute atomic E-state index is 4.21. The molecule has 102 valence electrons. The van der Waals surface area contributed by atoms with E-state index in [0.717, 1.165) is 18.4 Å². The molecule has 0 bridgehead atoms. The van der Waals surface area contributed by atoms with Crippen molar-refractivity contribution >= 4 is 0 Å². The summed E-state index contributed by atoms with van der Waals surface area (Å²) < 4.78 is 1.87. The van der Waals surface area contributed by atoms with E-state index in [0.29, 0.717) is 6.04 Å². The van der Waals surface area contributed by atoms with Crippen molar-refractivity contribution in [2.24, 2.45) is 18.9 Å². The number of hydrogen-bond acceptors (Lipinski definition) is 2. The number of aromatic nitrogens is 2. The first kappa shape index (κ1) is 13.6. The Labute approximate surface area is 111 Å². The van der Waals surface area contributed by atoms with Crippen LogP contribution >= 0.6 is 0 Å². The Kier molecular flexibility index (Phi) is 4.81. The molecule has 1 saturated carbocycles. The van der Waals surface area contributed by atoms with E-state index >= 15 is 0 Å². The highest BCUT2D eigenvalue weighted by Crippen LogP contribution is 2.28. The predicted molar refractivity (Wildman–Crippen MR) is 75.2 cm³/mol. The van der Waals surface area contributed by atoms with E-state index < -0.39 is 0 Å². The van der Waals surface area contributed by atoms with Gasteiger partial charge in [-0.25, -0.2) is 0 Å². The second kappa shape index (κ2) is 6.37. The smallest absolute Gasteiger partial charge is 0.0534 e. The lowest BCUT2D eigenvalue weighted by Gasteiger charge is -2.19. The van der Waals surface area contributed by atoms with Crippen LogP contribution in [-0.2, 0) is 13.6 Å². The maximum atomic E-state index is 4.21. The fourth-order valence-electron chi connectivity index (χ4n) is 3.03. The average Bonchev–Trinajstić information content (AvgIpc) is 2.62. The summed E-state index contributed by atoms with van der Waals surface area (Å²) in [6.07, 6.45) is 10.9. The molecule has 0 amide bonds. The number of aryl methyl sites for hydroxylation is 1. The summed E-state index contributed by atoms with van der Waals surface area (Å²) >= 11 is 0. The fourth-order valence-corrected chi connectivity index (χ4v) is 3.03. The van der Waals surface area contributed by atoms with Crippen molar-refractivity contribution in [2.75, 3.05) is 0 Å². The number of nitrogens with one attached hydrogen (secondary N) is 1. The number of nitrogens with zero attached hydrogens (tertiary/aromatic N) is 2. The van der Waals surface area contributed by atoms with E-state index in [1.807, 2.05) is 17.9 Å². The molecule has 0 spiro atoms. The Hall–Kier alpha value is -0.830. The highest BCUT2D eigenvalue weighted by molar-refractivity contribution is 5.03. The molecule has 0 aliphatic heterocycles. The molecular formula is C15H27N3. The highest BCUT2D eigenvalue weighted by atomic mass is 15.2. The van der Waals surface area contributed by atoms with Gasteiger partial charge >= 0.3 is 0 Å². The summed E-state index contributed by atoms with van der Waals surface area (Å²) in [5.74, 6) is 1.79. The summed E-state index contributed by atoms with van der Waals surface area (Å²) in [7, 11) is 1.97. The van der Waals surface area contributed by atoms with Gasteiger partial charge < -0.3 is 5.32 Å². The molecule has 2 rings (SSSR count). The molecule has 18 heavy (non-hydrogen) atoms. The molecule has 1 fully saturated rings. The van der Waals surface area contributed by atoms with Crippen LogP contribution in [0.3, 0.4) is 0 Å². The van der Waals surface area contributed by atoms with E-state index in [-0.39, 0.29) is 0 Å². The van der Waals surface area contributed by atoms with Crippen LogP contribution in [-0.4, -0.2) is 15.8 Å². The Balaban J connectivity index is 1.77. The summed E-state index contributed by atoms with van der Waals surface area (Å²) in [6.45, 7) is 5.70. The van der Waals surface area contributed by atoms with Crippen LogP contribution in [0.1, 0.15) is 51.5 Å². The summed E-state index contributed by atoms with van der Waals surface area (Å²) in [5, 5.41) is 7.91. The van der Waals surface area contributed by atoms with E-state index in [1.54, 1.807) is 0 Å². The van der Waals surface area contributed by atoms with Gasteiger partial charge in [0, 0.05) is 31.4 Å². The molecule has 0 saturated heterocycles. The zero-order valence-corrected chi connectivity index (χ0v) is 12.0. The largest absolute Gasteiger partial charge is 0.310 e. The maximum Gasteiger partial charge on any atom is 0.0534 e. The quantitative estimate of drug-likeness (QED) is 0.831. The zero-order valence-electron chi connectivity index (χ0n) is 12.0. The molecule has 1 aromatic heterocycles. The van der Waals surface area contributed by atoms with Crippen molar-refractivity contribution in [2.45, 2.75) is 58.5 Å². The molecule has 0 radical (unpaired) electrons. The molecule has 3 heteroatoms. The normalized spacial score (nSPS) is 25.3. The van der Waals surface area contributed by atoms with Crippen LogP contribution in [0, 0.1) is 11.8 Å². The molecule has 1 aliphatic rings. The van der Waals surface area contributed by atoms with Gasteiger partial charge in [0.2, 0.25) is 0 Å². The highest BCUT2D eigenvalue weighted by Gasteiger charge is 2.20. The molecule has 3 nitrogen and oxygen atoms in total. The minimum atomic E-state index is 0.703. The number of hydrogen-bond donors (Lipinski definition) is 1. The van der Waals surface area contributed by atoms with Crippen molar-refractivity contribution in [3.05, 3.63) is 18.0 Å². The standard InChI is InChI=1S/C15H27N3/c1-12(2)14-5-4-6-15(8-7-14)16-9-13-10-17-18(3)11-13/h10-12,14-16H,4-9H2,1-3H3. The Morgan fingerprint density at radius 3 is 2.83 bits per heavy atom. The molecule has 0 aromatic carbocycles. The first-order chi connectivity index (χ1) is 8.65. The Bertz CT molecular complexity index is 356. The van der Waals surface area contributed by atoms with Crippen LogP contribution in [0.2, 0.25) is 0 Å². The second-order valence-electron chi connectivity index (χ2n) is 6.11. The minimum absolute atomic E-state index is 0.703. The van der Waals surface area contributed by atoms with Gasteiger partial charge in [0.25, 0.3) is 0 Å². The van der Waals surface area contributed by atoms with E-state index in [9.17, 15) is 0 Å². The van der Waals surface area contributed by atoms with Crippen LogP contribution in [0.25, 0.3) is 0 Å². The minimum Gasteiger partial charge on any atom is -0.310 e. The topological polar surface area (TPSA) is 29.9 Å². The Morgan fingerprint density at radius 2 is 2.17 bits per heavy atom. The van der Waals surface area contributed by atoms with Crippen molar-refractivity contribution < 1.29 is 0 Å². The lowest BCUT2D eigenvalue weighted by atomic mass is 9.89. The lowest BCUT2D eigenvalue weighted by molar-refractivity contribution is 0.337. The molecule has 1 heterocycles. The molecule has 1 aromatic rings. The van der Waals surface area contributed by atoms with Crippen LogP contribution < -0.4 is 5.32 Å². The van der Waals surface area contributed by atoms with Gasteiger partial charge in [-0.2, -0.15) is 5.10 Å². The molecular weight excluding hydrogens is 222 g/mol. The van der Waals surface area contributed by atoms with Gasteiger partial charge in [-0.1, -0.05) is 26.7 Å². The van der Waals surface area contributed by atoms with Gasteiger partial charge in [0.15, 0.2) is 0 Å². The van der Waals surface area contributed by atoms with Crippen molar-refractivity contribution in [3.63, 3.8) is 0 Å². The van der Waals surface area contributed by atoms with Crippen molar-refractivity contribution in [1.82, 2.24) is 15.1 Å². The molecule has 1 N–H and O–H groups in total. The van der Waals surface area contributed by atoms with E-state index in [4.69, 9.17) is 0 Å². The summed E-state index contributed by atoms with van der Waals surface area (Å²) in [6, 6.07) is 0.703. The van der Waals surface area contributed by atoms with Gasteiger partial charge in [-0.3, -0.25) is 4.68 Å². The van der Waals surface area contributed by atoms with Gasteiger partial charge in [0.1, 0.15) is 0 Å². The Morgan fingerprint density at radius 1 is 1.33 bits per heavy atom. The average molecular weight is 249 g/mol. The zero-order chi connectivity index (χ0) is 13.0.